The normalized spacial score (nSPS) is 18.8. The Bertz CT molecular complexity index is 775. The van der Waals surface area contributed by atoms with Gasteiger partial charge in [0.1, 0.15) is 6.26 Å². The smallest absolute Gasteiger partial charge is 0.194 e. The Kier molecular flexibility index (Phi) is 7.37. The Morgan fingerprint density at radius 2 is 1.63 bits per heavy atom. The number of benzene rings is 1. The van der Waals surface area contributed by atoms with Gasteiger partial charge in [0, 0.05) is 51.9 Å². The minimum absolute atomic E-state index is 0.714. The van der Waals surface area contributed by atoms with Gasteiger partial charge < -0.3 is 14.7 Å². The molecule has 0 aliphatic carbocycles. The highest BCUT2D eigenvalue weighted by Crippen LogP contribution is 2.14. The summed E-state index contributed by atoms with van der Waals surface area (Å²) < 4.78 is 4.94. The first-order valence-corrected chi connectivity index (χ1v) is 11.2. The molecule has 0 radical (unpaired) electrons. The summed E-state index contributed by atoms with van der Waals surface area (Å²) in [4.78, 5) is 12.2. The van der Waals surface area contributed by atoms with Gasteiger partial charge in [0.2, 0.25) is 0 Å². The average molecular weight is 411 g/mol. The number of aromatic nitrogens is 1. The third kappa shape index (κ3) is 5.83. The molecule has 2 fully saturated rings. The number of guanidine groups is 1. The van der Waals surface area contributed by atoms with E-state index in [4.69, 9.17) is 9.52 Å². The lowest BCUT2D eigenvalue weighted by Gasteiger charge is -2.36. The lowest BCUT2D eigenvalue weighted by Crippen LogP contribution is -2.52. The molecule has 0 saturated carbocycles. The molecule has 2 aromatic rings. The van der Waals surface area contributed by atoms with E-state index in [1.165, 1.54) is 37.1 Å². The van der Waals surface area contributed by atoms with Crippen molar-refractivity contribution >= 4 is 5.96 Å². The SMILES string of the molecule is CCNC(=NCc1ccc(CN2CCCC2)cc1)N1CCN(Cc2ccon2)CC1. The zero-order valence-electron chi connectivity index (χ0n) is 18.1. The van der Waals surface area contributed by atoms with Gasteiger partial charge in [0.25, 0.3) is 0 Å². The highest BCUT2D eigenvalue weighted by Gasteiger charge is 2.20. The standard InChI is InChI=1S/C23H34N6O/c1-2-24-23(29-14-12-28(13-15-29)19-22-9-16-30-26-22)25-17-20-5-7-21(8-6-20)18-27-10-3-4-11-27/h5-9,16H,2-4,10-15,17-19H2,1H3,(H,24,25). The number of rotatable bonds is 7. The second-order valence-corrected chi connectivity index (χ2v) is 8.22. The summed E-state index contributed by atoms with van der Waals surface area (Å²) in [6.07, 6.45) is 4.32. The molecule has 7 nitrogen and oxygen atoms in total. The van der Waals surface area contributed by atoms with Crippen LogP contribution in [0.3, 0.4) is 0 Å². The van der Waals surface area contributed by atoms with E-state index >= 15 is 0 Å². The molecule has 0 atom stereocenters. The molecule has 0 unspecified atom stereocenters. The monoisotopic (exact) mass is 410 g/mol. The minimum atomic E-state index is 0.714. The molecule has 0 spiro atoms. The summed E-state index contributed by atoms with van der Waals surface area (Å²) in [6, 6.07) is 10.9. The number of piperazine rings is 1. The van der Waals surface area contributed by atoms with Gasteiger partial charge in [-0.05, 0) is 44.0 Å². The molecule has 162 valence electrons. The van der Waals surface area contributed by atoms with Crippen LogP contribution in [0, 0.1) is 0 Å². The molecule has 2 aliphatic heterocycles. The predicted molar refractivity (Wildman–Crippen MR) is 119 cm³/mol. The van der Waals surface area contributed by atoms with E-state index in [1.54, 1.807) is 6.26 Å². The van der Waals surface area contributed by atoms with Crippen LogP contribution < -0.4 is 5.32 Å². The average Bonchev–Trinajstić information content (AvgIpc) is 3.47. The van der Waals surface area contributed by atoms with E-state index in [2.05, 4.69) is 56.4 Å². The van der Waals surface area contributed by atoms with Gasteiger partial charge in [0.05, 0.1) is 12.2 Å². The second-order valence-electron chi connectivity index (χ2n) is 8.22. The summed E-state index contributed by atoms with van der Waals surface area (Å²) in [6.45, 7) is 12.1. The quantitative estimate of drug-likeness (QED) is 0.559. The van der Waals surface area contributed by atoms with E-state index in [0.717, 1.165) is 57.5 Å². The summed E-state index contributed by atoms with van der Waals surface area (Å²) in [5.74, 6) is 1.01. The molecule has 0 amide bonds. The Morgan fingerprint density at radius 1 is 0.933 bits per heavy atom. The number of aliphatic imine (C=N–C) groups is 1. The molecule has 4 rings (SSSR count). The van der Waals surface area contributed by atoms with Crippen molar-refractivity contribution < 1.29 is 4.52 Å². The maximum Gasteiger partial charge on any atom is 0.194 e. The van der Waals surface area contributed by atoms with Gasteiger partial charge in [0.15, 0.2) is 5.96 Å². The third-order valence-electron chi connectivity index (χ3n) is 5.92. The van der Waals surface area contributed by atoms with Crippen LogP contribution in [0.2, 0.25) is 0 Å². The highest BCUT2D eigenvalue weighted by molar-refractivity contribution is 5.80. The fraction of sp³-hybridized carbons (Fsp3) is 0.565. The molecule has 2 saturated heterocycles. The molecule has 3 heterocycles. The van der Waals surface area contributed by atoms with Crippen molar-refractivity contribution in [3.05, 3.63) is 53.4 Å². The van der Waals surface area contributed by atoms with Crippen LogP contribution in [0.25, 0.3) is 0 Å². The molecular formula is C23H34N6O. The maximum atomic E-state index is 4.94. The van der Waals surface area contributed by atoms with E-state index in [0.29, 0.717) is 6.54 Å². The van der Waals surface area contributed by atoms with Crippen molar-refractivity contribution in [2.45, 2.75) is 39.4 Å². The highest BCUT2D eigenvalue weighted by atomic mass is 16.5. The molecule has 7 heteroatoms. The summed E-state index contributed by atoms with van der Waals surface area (Å²) >= 11 is 0. The molecule has 1 aromatic carbocycles. The van der Waals surface area contributed by atoms with E-state index in [1.807, 2.05) is 6.07 Å². The van der Waals surface area contributed by atoms with Crippen molar-refractivity contribution in [1.82, 2.24) is 25.2 Å². The second kappa shape index (κ2) is 10.6. The summed E-state index contributed by atoms with van der Waals surface area (Å²) in [5, 5.41) is 7.49. The predicted octanol–water partition coefficient (Wildman–Crippen LogP) is 2.55. The van der Waals surface area contributed by atoms with E-state index in [-0.39, 0.29) is 0 Å². The molecule has 1 aromatic heterocycles. The van der Waals surface area contributed by atoms with Crippen molar-refractivity contribution in [1.29, 1.82) is 0 Å². The van der Waals surface area contributed by atoms with Crippen LogP contribution in [-0.2, 0) is 19.6 Å². The zero-order chi connectivity index (χ0) is 20.6. The van der Waals surface area contributed by atoms with Gasteiger partial charge in [-0.25, -0.2) is 4.99 Å². The van der Waals surface area contributed by atoms with Crippen LogP contribution in [0.15, 0.2) is 46.1 Å². The molecule has 1 N–H and O–H groups in total. The van der Waals surface area contributed by atoms with Gasteiger partial charge in [-0.1, -0.05) is 29.4 Å². The molecular weight excluding hydrogens is 376 g/mol. The van der Waals surface area contributed by atoms with E-state index < -0.39 is 0 Å². The number of likely N-dealkylation sites (tertiary alicyclic amines) is 1. The number of nitrogens with one attached hydrogen (secondary N) is 1. The minimum Gasteiger partial charge on any atom is -0.364 e. The van der Waals surface area contributed by atoms with Crippen molar-refractivity contribution in [2.24, 2.45) is 4.99 Å². The van der Waals surface area contributed by atoms with Crippen molar-refractivity contribution in [3.8, 4) is 0 Å². The van der Waals surface area contributed by atoms with Gasteiger partial charge in [-0.3, -0.25) is 9.80 Å². The number of hydrogen-bond donors (Lipinski definition) is 1. The number of hydrogen-bond acceptors (Lipinski definition) is 5. The topological polar surface area (TPSA) is 60.1 Å². The van der Waals surface area contributed by atoms with Gasteiger partial charge in [-0.2, -0.15) is 0 Å². The summed E-state index contributed by atoms with van der Waals surface area (Å²) in [7, 11) is 0. The van der Waals surface area contributed by atoms with Crippen LogP contribution in [0.5, 0.6) is 0 Å². The first kappa shape index (κ1) is 20.9. The van der Waals surface area contributed by atoms with Crippen LogP contribution in [-0.4, -0.2) is 71.6 Å². The zero-order valence-corrected chi connectivity index (χ0v) is 18.1. The number of nitrogens with zero attached hydrogens (tertiary/aromatic N) is 5. The Balaban J connectivity index is 1.29. The van der Waals surface area contributed by atoms with Crippen molar-refractivity contribution in [2.75, 3.05) is 45.8 Å². The third-order valence-corrected chi connectivity index (χ3v) is 5.92. The van der Waals surface area contributed by atoms with Crippen LogP contribution >= 0.6 is 0 Å². The Labute approximate surface area is 179 Å². The fourth-order valence-electron chi connectivity index (χ4n) is 4.21. The van der Waals surface area contributed by atoms with E-state index in [9.17, 15) is 0 Å². The van der Waals surface area contributed by atoms with Gasteiger partial charge in [-0.15, -0.1) is 0 Å². The largest absolute Gasteiger partial charge is 0.364 e. The fourth-order valence-corrected chi connectivity index (χ4v) is 4.21. The molecule has 30 heavy (non-hydrogen) atoms. The van der Waals surface area contributed by atoms with Gasteiger partial charge >= 0.3 is 0 Å². The first-order valence-electron chi connectivity index (χ1n) is 11.2. The maximum absolute atomic E-state index is 4.94. The first-order chi connectivity index (χ1) is 14.8. The molecule has 2 aliphatic rings. The van der Waals surface area contributed by atoms with Crippen LogP contribution in [0.4, 0.5) is 0 Å². The summed E-state index contributed by atoms with van der Waals surface area (Å²) in [5.41, 5.74) is 3.66. The van der Waals surface area contributed by atoms with Crippen LogP contribution in [0.1, 0.15) is 36.6 Å². The van der Waals surface area contributed by atoms with Crippen molar-refractivity contribution in [3.63, 3.8) is 0 Å². The Morgan fingerprint density at radius 3 is 2.30 bits per heavy atom. The lowest BCUT2D eigenvalue weighted by molar-refractivity contribution is 0.169. The molecule has 0 bridgehead atoms. The Hall–Kier alpha value is -2.38. The lowest BCUT2D eigenvalue weighted by atomic mass is 10.1.